The van der Waals surface area contributed by atoms with Crippen molar-refractivity contribution in [3.8, 4) is 0 Å². The van der Waals surface area contributed by atoms with Crippen LogP contribution in [0.4, 0.5) is 14.6 Å². The van der Waals surface area contributed by atoms with Crippen molar-refractivity contribution >= 4 is 34.3 Å². The molecule has 9 heteroatoms. The fourth-order valence-corrected chi connectivity index (χ4v) is 1.29. The van der Waals surface area contributed by atoms with Crippen LogP contribution in [0, 0.1) is 10.1 Å². The Morgan fingerprint density at radius 3 is 2.50 bits per heavy atom. The van der Waals surface area contributed by atoms with Gasteiger partial charge in [0.15, 0.2) is 0 Å². The molecule has 0 aliphatic carbocycles. The van der Waals surface area contributed by atoms with Gasteiger partial charge in [-0.15, -0.1) is 0 Å². The lowest BCUT2D eigenvalue weighted by molar-refractivity contribution is -0.389. The second-order valence-corrected chi connectivity index (χ2v) is 3.27. The summed E-state index contributed by atoms with van der Waals surface area (Å²) in [7, 11) is 0. The zero-order valence-corrected chi connectivity index (χ0v) is 8.80. The minimum atomic E-state index is -3.00. The lowest BCUT2D eigenvalue weighted by Gasteiger charge is -2.02. The van der Waals surface area contributed by atoms with Gasteiger partial charge in [-0.3, -0.25) is 4.79 Å². The first kappa shape index (κ1) is 12.7. The van der Waals surface area contributed by atoms with Crippen molar-refractivity contribution in [2.75, 3.05) is 0 Å². The average Bonchev–Trinajstić information content (AvgIpc) is 2.15. The summed E-state index contributed by atoms with van der Waals surface area (Å²) in [6.45, 7) is 0. The number of alkyl halides is 2. The van der Waals surface area contributed by atoms with Crippen LogP contribution in [0.5, 0.6) is 0 Å². The molecule has 0 aliphatic rings. The van der Waals surface area contributed by atoms with Gasteiger partial charge in [0.25, 0.3) is 16.8 Å². The van der Waals surface area contributed by atoms with E-state index < -0.39 is 38.7 Å². The molecule has 0 bridgehead atoms. The Morgan fingerprint density at radius 2 is 2.12 bits per heavy atom. The number of nitro groups is 1. The summed E-state index contributed by atoms with van der Waals surface area (Å²) in [5, 5.41) is 8.46. The summed E-state index contributed by atoms with van der Waals surface area (Å²) < 4.78 is 24.7. The van der Waals surface area contributed by atoms with Crippen molar-refractivity contribution in [1.82, 2.24) is 4.98 Å². The summed E-state index contributed by atoms with van der Waals surface area (Å²) in [6.07, 6.45) is -3.00. The fourth-order valence-electron chi connectivity index (χ4n) is 0.934. The zero-order valence-electron chi connectivity index (χ0n) is 7.29. The first-order valence-electron chi connectivity index (χ1n) is 3.67. The number of nitrogens with zero attached hydrogens (tertiary/aromatic N) is 2. The van der Waals surface area contributed by atoms with Gasteiger partial charge in [0.2, 0.25) is 0 Å². The third-order valence-corrected chi connectivity index (χ3v) is 2.11. The third kappa shape index (κ3) is 2.42. The number of pyridine rings is 1. The number of hydrogen-bond acceptors (Lipinski definition) is 4. The SMILES string of the molecule is O=C(Cl)c1cc(C(F)F)c(Cl)nc1[N+](=O)[O-]. The molecular formula is C7H2Cl2F2N2O3. The van der Waals surface area contributed by atoms with E-state index in [4.69, 9.17) is 23.2 Å². The number of carbonyl (C=O) groups is 1. The van der Waals surface area contributed by atoms with Crippen molar-refractivity contribution in [3.63, 3.8) is 0 Å². The van der Waals surface area contributed by atoms with Crippen molar-refractivity contribution in [2.45, 2.75) is 6.43 Å². The molecule has 1 aromatic rings. The third-order valence-electron chi connectivity index (χ3n) is 1.60. The maximum absolute atomic E-state index is 12.4. The van der Waals surface area contributed by atoms with Crippen LogP contribution in [0.2, 0.25) is 5.15 Å². The molecule has 0 saturated heterocycles. The molecule has 0 N–H and O–H groups in total. The first-order chi connectivity index (χ1) is 7.34. The largest absolute Gasteiger partial charge is 0.377 e. The fraction of sp³-hybridized carbons (Fsp3) is 0.143. The molecule has 1 heterocycles. The normalized spacial score (nSPS) is 10.6. The van der Waals surface area contributed by atoms with Crippen LogP contribution >= 0.6 is 23.2 Å². The highest BCUT2D eigenvalue weighted by molar-refractivity contribution is 6.68. The summed E-state index contributed by atoms with van der Waals surface area (Å²) >= 11 is 10.3. The molecule has 86 valence electrons. The molecule has 0 spiro atoms. The van der Waals surface area contributed by atoms with Crippen molar-refractivity contribution in [1.29, 1.82) is 0 Å². The molecule has 0 unspecified atom stereocenters. The summed E-state index contributed by atoms with van der Waals surface area (Å²) in [5.41, 5.74) is -1.50. The molecular weight excluding hydrogens is 269 g/mol. The number of carbonyl (C=O) groups excluding carboxylic acids is 1. The van der Waals surface area contributed by atoms with Crippen LogP contribution in [0.3, 0.4) is 0 Å². The van der Waals surface area contributed by atoms with Crippen LogP contribution in [0.25, 0.3) is 0 Å². The van der Waals surface area contributed by atoms with E-state index in [1.54, 1.807) is 0 Å². The highest BCUT2D eigenvalue weighted by Crippen LogP contribution is 2.30. The molecule has 0 amide bonds. The minimum Gasteiger partial charge on any atom is -0.358 e. The van der Waals surface area contributed by atoms with Gasteiger partial charge < -0.3 is 10.1 Å². The van der Waals surface area contributed by atoms with Crippen LogP contribution in [0.15, 0.2) is 6.07 Å². The van der Waals surface area contributed by atoms with Gasteiger partial charge in [0.1, 0.15) is 5.56 Å². The molecule has 0 radical (unpaired) electrons. The van der Waals surface area contributed by atoms with E-state index in [-0.39, 0.29) is 0 Å². The Balaban J connectivity index is 3.49. The predicted octanol–water partition coefficient (Wildman–Crippen LogP) is 2.96. The Morgan fingerprint density at radius 1 is 1.56 bits per heavy atom. The van der Waals surface area contributed by atoms with Gasteiger partial charge in [-0.05, 0) is 39.2 Å². The number of rotatable bonds is 3. The van der Waals surface area contributed by atoms with E-state index in [1.807, 2.05) is 0 Å². The number of hydrogen-bond donors (Lipinski definition) is 0. The van der Waals surface area contributed by atoms with Crippen molar-refractivity contribution < 1.29 is 18.5 Å². The second-order valence-electron chi connectivity index (χ2n) is 2.57. The zero-order chi connectivity index (χ0) is 12.5. The van der Waals surface area contributed by atoms with E-state index in [1.165, 1.54) is 0 Å². The second kappa shape index (κ2) is 4.67. The average molecular weight is 271 g/mol. The molecule has 0 aliphatic heterocycles. The van der Waals surface area contributed by atoms with Crippen molar-refractivity contribution in [3.05, 3.63) is 32.5 Å². The maximum atomic E-state index is 12.4. The Hall–Kier alpha value is -1.34. The summed E-state index contributed by atoms with van der Waals surface area (Å²) in [4.78, 5) is 23.3. The van der Waals surface area contributed by atoms with Gasteiger partial charge >= 0.3 is 5.82 Å². The van der Waals surface area contributed by atoms with Crippen LogP contribution < -0.4 is 0 Å². The van der Waals surface area contributed by atoms with Crippen LogP contribution in [0.1, 0.15) is 22.3 Å². The number of halogens is 4. The van der Waals surface area contributed by atoms with Gasteiger partial charge in [0, 0.05) is 0 Å². The van der Waals surface area contributed by atoms with E-state index in [0.717, 1.165) is 0 Å². The molecule has 0 saturated carbocycles. The van der Waals surface area contributed by atoms with Gasteiger partial charge in [-0.1, -0.05) is 0 Å². The molecule has 0 aromatic carbocycles. The van der Waals surface area contributed by atoms with Gasteiger partial charge in [-0.25, -0.2) is 8.78 Å². The Labute approximate surface area is 97.1 Å². The molecule has 0 fully saturated rings. The molecule has 0 atom stereocenters. The predicted molar refractivity (Wildman–Crippen MR) is 51.0 cm³/mol. The first-order valence-corrected chi connectivity index (χ1v) is 4.43. The molecule has 5 nitrogen and oxygen atoms in total. The highest BCUT2D eigenvalue weighted by atomic mass is 35.5. The topological polar surface area (TPSA) is 73.1 Å². The van der Waals surface area contributed by atoms with E-state index in [9.17, 15) is 23.7 Å². The minimum absolute atomic E-state index is 0.563. The summed E-state index contributed by atoms with van der Waals surface area (Å²) in [5.74, 6) is -0.950. The van der Waals surface area contributed by atoms with E-state index in [2.05, 4.69) is 4.98 Å². The highest BCUT2D eigenvalue weighted by Gasteiger charge is 2.27. The van der Waals surface area contributed by atoms with Crippen molar-refractivity contribution in [2.24, 2.45) is 0 Å². The standard InChI is InChI=1S/C7H2Cl2F2N2O3/c8-4-2(6(10)11)1-3(5(9)14)7(12-4)13(15)16/h1,6H. The molecule has 1 aromatic heterocycles. The Bertz CT molecular complexity index is 467. The lowest BCUT2D eigenvalue weighted by Crippen LogP contribution is -2.04. The van der Waals surface area contributed by atoms with E-state index in [0.29, 0.717) is 6.07 Å². The number of aromatic nitrogens is 1. The monoisotopic (exact) mass is 270 g/mol. The van der Waals surface area contributed by atoms with Gasteiger partial charge in [0.05, 0.1) is 5.56 Å². The maximum Gasteiger partial charge on any atom is 0.377 e. The molecule has 16 heavy (non-hydrogen) atoms. The molecule has 1 rings (SSSR count). The quantitative estimate of drug-likeness (QED) is 0.366. The Kier molecular flexibility index (Phi) is 3.71. The smallest absolute Gasteiger partial charge is 0.358 e. The van der Waals surface area contributed by atoms with Crippen LogP contribution in [-0.4, -0.2) is 15.1 Å². The van der Waals surface area contributed by atoms with Gasteiger partial charge in [-0.2, -0.15) is 0 Å². The lowest BCUT2D eigenvalue weighted by atomic mass is 10.2. The summed E-state index contributed by atoms with van der Waals surface area (Å²) in [6, 6.07) is 0.563. The van der Waals surface area contributed by atoms with E-state index >= 15 is 0 Å². The van der Waals surface area contributed by atoms with Crippen LogP contribution in [-0.2, 0) is 0 Å².